The van der Waals surface area contributed by atoms with Gasteiger partial charge in [-0.25, -0.2) is 0 Å². The van der Waals surface area contributed by atoms with E-state index in [0.29, 0.717) is 12.8 Å². The molecule has 1 amide bonds. The van der Waals surface area contributed by atoms with Gasteiger partial charge < -0.3 is 65.1 Å². The Balaban J connectivity index is 1.73. The summed E-state index contributed by atoms with van der Waals surface area (Å²) in [6.45, 7) is 2.48. The smallest absolute Gasteiger partial charge is 0.220 e. The highest BCUT2D eigenvalue weighted by Crippen LogP contribution is 2.30. The molecule has 2 heterocycles. The monoisotopic (exact) mass is 1030 g/mol. The molecule has 9 N–H and O–H groups in total. The number of hydrogen-bond donors (Lipinski definition) is 9. The number of aliphatic hydroxyl groups is 8. The lowest BCUT2D eigenvalue weighted by Crippen LogP contribution is -2.65. The van der Waals surface area contributed by atoms with Crippen molar-refractivity contribution in [2.24, 2.45) is 0 Å². The van der Waals surface area contributed by atoms with Crippen LogP contribution in [0.4, 0.5) is 0 Å². The summed E-state index contributed by atoms with van der Waals surface area (Å²) < 4.78 is 22.6. The zero-order valence-electron chi connectivity index (χ0n) is 44.1. The van der Waals surface area contributed by atoms with Crippen molar-refractivity contribution in [3.8, 4) is 0 Å². The number of carbonyl (C=O) groups excluding carboxylic acids is 1. The molecule has 2 saturated heterocycles. The molecular formula is C59H95NO13. The lowest BCUT2D eigenvalue weighted by Gasteiger charge is -2.46. The molecule has 0 aromatic heterocycles. The summed E-state index contributed by atoms with van der Waals surface area (Å²) in [6, 6.07) is -0.951. The van der Waals surface area contributed by atoms with Crippen molar-refractivity contribution in [2.75, 3.05) is 19.8 Å². The molecule has 12 unspecified atom stereocenters. The molecule has 414 valence electrons. The summed E-state index contributed by atoms with van der Waals surface area (Å²) in [7, 11) is 0. The minimum atomic E-state index is -1.80. The topological polar surface area (TPSA) is 228 Å². The van der Waals surface area contributed by atoms with E-state index in [1.165, 1.54) is 0 Å². The largest absolute Gasteiger partial charge is 0.394 e. The minimum Gasteiger partial charge on any atom is -0.394 e. The fourth-order valence-electron chi connectivity index (χ4n) is 8.01. The van der Waals surface area contributed by atoms with Gasteiger partial charge in [-0.1, -0.05) is 167 Å². The summed E-state index contributed by atoms with van der Waals surface area (Å²) in [4.78, 5) is 13.2. The molecule has 2 aliphatic rings. The second-order valence-corrected chi connectivity index (χ2v) is 18.6. The van der Waals surface area contributed by atoms with Crippen molar-refractivity contribution in [3.05, 3.63) is 122 Å². The molecule has 0 saturated carbocycles. The molecule has 0 spiro atoms. The predicted molar refractivity (Wildman–Crippen MR) is 290 cm³/mol. The molecule has 2 aliphatic heterocycles. The van der Waals surface area contributed by atoms with Gasteiger partial charge >= 0.3 is 0 Å². The molecule has 0 aromatic carbocycles. The summed E-state index contributed by atoms with van der Waals surface area (Å²) in [5.41, 5.74) is 0. The van der Waals surface area contributed by atoms with Gasteiger partial charge in [0, 0.05) is 6.42 Å². The van der Waals surface area contributed by atoms with Crippen LogP contribution < -0.4 is 5.32 Å². The van der Waals surface area contributed by atoms with E-state index in [1.54, 1.807) is 6.08 Å². The second-order valence-electron chi connectivity index (χ2n) is 18.6. The van der Waals surface area contributed by atoms with E-state index in [9.17, 15) is 45.6 Å². The van der Waals surface area contributed by atoms with Crippen molar-refractivity contribution >= 4 is 5.91 Å². The lowest BCUT2D eigenvalue weighted by molar-refractivity contribution is -0.359. The van der Waals surface area contributed by atoms with Gasteiger partial charge in [0.25, 0.3) is 0 Å². The Morgan fingerprint density at radius 2 is 0.918 bits per heavy atom. The molecule has 73 heavy (non-hydrogen) atoms. The van der Waals surface area contributed by atoms with Gasteiger partial charge in [0.1, 0.15) is 48.8 Å². The van der Waals surface area contributed by atoms with Gasteiger partial charge in [-0.3, -0.25) is 4.79 Å². The van der Waals surface area contributed by atoms with Crippen molar-refractivity contribution < 1.29 is 64.6 Å². The highest BCUT2D eigenvalue weighted by molar-refractivity contribution is 5.76. The number of carbonyl (C=O) groups is 1. The molecule has 14 nitrogen and oxygen atoms in total. The average Bonchev–Trinajstić information content (AvgIpc) is 3.39. The third-order valence-corrected chi connectivity index (χ3v) is 12.4. The number of rotatable bonds is 40. The SMILES string of the molecule is CC/C=C\C/C=C\C/C=C\C/C=C\C/C=C\C/C=C\C/C=C\CCCCCCCCCC(=O)NC(COC1OC(CO)C(OC2OC(CO)C(O)C(O)C2O)C(O)C1O)C(O)/C=C/CC/C=C/CC/C=C/CC. The molecule has 0 bridgehead atoms. The van der Waals surface area contributed by atoms with Gasteiger partial charge in [0.15, 0.2) is 12.6 Å². The fourth-order valence-corrected chi connectivity index (χ4v) is 8.01. The maximum atomic E-state index is 13.2. The van der Waals surface area contributed by atoms with Crippen LogP contribution in [-0.2, 0) is 23.7 Å². The molecular weight excluding hydrogens is 931 g/mol. The van der Waals surface area contributed by atoms with E-state index in [0.717, 1.165) is 116 Å². The minimum absolute atomic E-state index is 0.248. The van der Waals surface area contributed by atoms with Crippen molar-refractivity contribution in [2.45, 2.75) is 222 Å². The van der Waals surface area contributed by atoms with Gasteiger partial charge in [-0.05, 0) is 96.3 Å². The number of nitrogens with one attached hydrogen (secondary N) is 1. The molecule has 14 heteroatoms. The number of aliphatic hydroxyl groups excluding tert-OH is 8. The molecule has 0 radical (unpaired) electrons. The van der Waals surface area contributed by atoms with Gasteiger partial charge in [0.05, 0.1) is 32.0 Å². The Labute approximate surface area is 438 Å². The third kappa shape index (κ3) is 29.9. The normalized spacial score (nSPS) is 26.4. The summed E-state index contributed by atoms with van der Waals surface area (Å²) in [5.74, 6) is -0.275. The quantitative estimate of drug-likeness (QED) is 0.0208. The highest BCUT2D eigenvalue weighted by Gasteiger charge is 2.51. The average molecular weight is 1030 g/mol. The van der Waals surface area contributed by atoms with E-state index in [1.807, 2.05) is 6.08 Å². The van der Waals surface area contributed by atoms with Gasteiger partial charge in [0.2, 0.25) is 5.91 Å². The summed E-state index contributed by atoms with van der Waals surface area (Å²) in [6.07, 6.45) is 45.4. The van der Waals surface area contributed by atoms with Crippen LogP contribution in [-0.4, -0.2) is 140 Å². The van der Waals surface area contributed by atoms with Crippen LogP contribution in [0.1, 0.15) is 149 Å². The molecule has 12 atom stereocenters. The van der Waals surface area contributed by atoms with Crippen LogP contribution in [0.5, 0.6) is 0 Å². The van der Waals surface area contributed by atoms with Crippen LogP contribution in [0.3, 0.4) is 0 Å². The molecule has 2 fully saturated rings. The Morgan fingerprint density at radius 3 is 1.45 bits per heavy atom. The zero-order chi connectivity index (χ0) is 53.2. The lowest BCUT2D eigenvalue weighted by atomic mass is 9.97. The van der Waals surface area contributed by atoms with Crippen molar-refractivity contribution in [1.29, 1.82) is 0 Å². The van der Waals surface area contributed by atoms with E-state index >= 15 is 0 Å². The number of amides is 1. The molecule has 0 aliphatic carbocycles. The number of ether oxygens (including phenoxy) is 4. The maximum Gasteiger partial charge on any atom is 0.220 e. The first kappa shape index (κ1) is 65.5. The Hall–Kier alpha value is -3.61. The Bertz CT molecular complexity index is 1680. The Kier molecular flexibility index (Phi) is 39.1. The van der Waals surface area contributed by atoms with Crippen LogP contribution in [0, 0.1) is 0 Å². The first-order valence-electron chi connectivity index (χ1n) is 27.3. The van der Waals surface area contributed by atoms with Crippen LogP contribution in [0.2, 0.25) is 0 Å². The van der Waals surface area contributed by atoms with Gasteiger partial charge in [-0.15, -0.1) is 0 Å². The summed E-state index contributed by atoms with van der Waals surface area (Å²) >= 11 is 0. The molecule has 2 rings (SSSR count). The van der Waals surface area contributed by atoms with E-state index in [2.05, 4.69) is 129 Å². The second kappa shape index (κ2) is 43.6. The van der Waals surface area contributed by atoms with Crippen LogP contribution >= 0.6 is 0 Å². The highest BCUT2D eigenvalue weighted by atomic mass is 16.7. The maximum absolute atomic E-state index is 13.2. The predicted octanol–water partition coefficient (Wildman–Crippen LogP) is 8.27. The number of hydrogen-bond acceptors (Lipinski definition) is 13. The first-order valence-corrected chi connectivity index (χ1v) is 27.3. The summed E-state index contributed by atoms with van der Waals surface area (Å²) in [5, 5.41) is 86.7. The van der Waals surface area contributed by atoms with E-state index < -0.39 is 86.8 Å². The fraction of sp³-hybridized carbons (Fsp3) is 0.644. The third-order valence-electron chi connectivity index (χ3n) is 12.4. The zero-order valence-corrected chi connectivity index (χ0v) is 44.1. The van der Waals surface area contributed by atoms with Crippen LogP contribution in [0.25, 0.3) is 0 Å². The Morgan fingerprint density at radius 1 is 0.493 bits per heavy atom. The standard InChI is InChI=1S/C59H95NO13/c1-3-5-7-9-11-13-15-16-17-18-19-20-21-22-23-24-25-26-27-28-29-30-31-32-33-35-37-39-41-43-51(64)60-47(48(63)42-40-38-36-34-14-12-10-8-6-4-2)46-70-58-56(69)54(67)57(50(45-62)72-58)73-59-55(68)53(66)52(65)49(44-61)71-59/h5-8,11,13-14,16-17,19-20,22-23,25-26,28-29,34,40,42,47-50,52-59,61-63,65-69H,3-4,9-10,12,15,18,21,24,27,30-33,35-39,41,43-46H2,1-2H3,(H,60,64)/b7-5-,8-6+,13-11-,17-16-,20-19-,23-22-,26-25-,29-28-,34-14+,42-40+. The van der Waals surface area contributed by atoms with Crippen molar-refractivity contribution in [3.63, 3.8) is 0 Å². The van der Waals surface area contributed by atoms with Crippen molar-refractivity contribution in [1.82, 2.24) is 5.32 Å². The number of unbranched alkanes of at least 4 members (excludes halogenated alkanes) is 9. The van der Waals surface area contributed by atoms with Crippen LogP contribution in [0.15, 0.2) is 122 Å². The van der Waals surface area contributed by atoms with E-state index in [4.69, 9.17) is 18.9 Å². The first-order chi connectivity index (χ1) is 35.6. The number of allylic oxidation sites excluding steroid dienone is 19. The van der Waals surface area contributed by atoms with Gasteiger partial charge in [-0.2, -0.15) is 0 Å². The molecule has 0 aromatic rings. The van der Waals surface area contributed by atoms with E-state index in [-0.39, 0.29) is 18.9 Å².